The lowest BCUT2D eigenvalue weighted by Gasteiger charge is -2.27. The van der Waals surface area contributed by atoms with Crippen LogP contribution >= 0.6 is 0 Å². The highest BCUT2D eigenvalue weighted by Gasteiger charge is 2.37. The van der Waals surface area contributed by atoms with E-state index < -0.39 is 0 Å². The van der Waals surface area contributed by atoms with Crippen LogP contribution in [-0.2, 0) is 11.3 Å². The molecule has 0 spiro atoms. The molecule has 26 heavy (non-hydrogen) atoms. The molecule has 1 aromatic heterocycles. The average molecular weight is 350 g/mol. The highest BCUT2D eigenvalue weighted by Crippen LogP contribution is 2.40. The van der Waals surface area contributed by atoms with Gasteiger partial charge in [-0.3, -0.25) is 15.0 Å². The van der Waals surface area contributed by atoms with Gasteiger partial charge >= 0.3 is 0 Å². The summed E-state index contributed by atoms with van der Waals surface area (Å²) in [5.41, 5.74) is 1.98. The molecule has 0 N–H and O–H groups in total. The van der Waals surface area contributed by atoms with Gasteiger partial charge in [-0.25, -0.2) is 0 Å². The highest BCUT2D eigenvalue weighted by atomic mass is 16.6. The van der Waals surface area contributed by atoms with Gasteiger partial charge in [0.2, 0.25) is 0 Å². The summed E-state index contributed by atoms with van der Waals surface area (Å²) in [4.78, 5) is 12.9. The third kappa shape index (κ3) is 3.24. The Morgan fingerprint density at radius 1 is 1.04 bits per heavy atom. The number of ether oxygens (including phenoxy) is 1. The fourth-order valence-corrected chi connectivity index (χ4v) is 3.36. The Kier molecular flexibility index (Phi) is 4.51. The van der Waals surface area contributed by atoms with E-state index in [4.69, 9.17) is 9.15 Å². The molecule has 2 aromatic carbocycles. The summed E-state index contributed by atoms with van der Waals surface area (Å²) in [5.74, 6) is 0.826. The monoisotopic (exact) mass is 350 g/mol. The number of nitro groups is 1. The molecule has 6 nitrogen and oxygen atoms in total. The first-order chi connectivity index (χ1) is 12.7. The predicted octanol–water partition coefficient (Wildman–Crippen LogP) is 4.46. The molecule has 2 heterocycles. The summed E-state index contributed by atoms with van der Waals surface area (Å²) in [7, 11) is 0. The first kappa shape index (κ1) is 16.5. The fourth-order valence-electron chi connectivity index (χ4n) is 3.36. The van der Waals surface area contributed by atoms with Crippen LogP contribution in [0.4, 0.5) is 5.69 Å². The van der Waals surface area contributed by atoms with Crippen molar-refractivity contribution < 1.29 is 14.1 Å². The third-order valence-electron chi connectivity index (χ3n) is 4.58. The van der Waals surface area contributed by atoms with Gasteiger partial charge in [-0.2, -0.15) is 0 Å². The quantitative estimate of drug-likeness (QED) is 0.502. The van der Waals surface area contributed by atoms with Gasteiger partial charge in [-0.05, 0) is 17.7 Å². The largest absolute Gasteiger partial charge is 0.468 e. The number of benzene rings is 2. The molecule has 132 valence electrons. The van der Waals surface area contributed by atoms with Gasteiger partial charge in [0, 0.05) is 17.7 Å². The van der Waals surface area contributed by atoms with Crippen LogP contribution in [0.2, 0.25) is 0 Å². The fraction of sp³-hybridized carbons (Fsp3) is 0.200. The molecule has 6 heteroatoms. The second-order valence-corrected chi connectivity index (χ2v) is 6.22. The molecule has 0 aliphatic carbocycles. The van der Waals surface area contributed by atoms with Crippen LogP contribution in [0.25, 0.3) is 0 Å². The molecule has 1 saturated heterocycles. The van der Waals surface area contributed by atoms with Crippen LogP contribution in [0.1, 0.15) is 29.2 Å². The lowest BCUT2D eigenvalue weighted by molar-refractivity contribution is -0.385. The Bertz CT molecular complexity index is 880. The second kappa shape index (κ2) is 7.11. The van der Waals surface area contributed by atoms with E-state index in [2.05, 4.69) is 17.0 Å². The van der Waals surface area contributed by atoms with E-state index in [0.29, 0.717) is 13.2 Å². The lowest BCUT2D eigenvalue weighted by atomic mass is 10.1. The number of hydrogen-bond acceptors (Lipinski definition) is 5. The maximum atomic E-state index is 11.1. The molecular formula is C20H18N2O4. The topological polar surface area (TPSA) is 68.8 Å². The maximum absolute atomic E-state index is 11.1. The lowest BCUT2D eigenvalue weighted by Crippen LogP contribution is -2.26. The zero-order valence-corrected chi connectivity index (χ0v) is 14.0. The van der Waals surface area contributed by atoms with Crippen LogP contribution < -0.4 is 0 Å². The van der Waals surface area contributed by atoms with Crippen molar-refractivity contribution in [3.63, 3.8) is 0 Å². The van der Waals surface area contributed by atoms with E-state index in [0.717, 1.165) is 16.9 Å². The number of furan rings is 1. The minimum absolute atomic E-state index is 0.0468. The number of rotatable bonds is 5. The zero-order valence-electron chi connectivity index (χ0n) is 14.0. The van der Waals surface area contributed by atoms with Crippen LogP contribution in [0.3, 0.4) is 0 Å². The van der Waals surface area contributed by atoms with Crippen LogP contribution in [-0.4, -0.2) is 16.4 Å². The number of nitrogens with zero attached hydrogens (tertiary/aromatic N) is 2. The third-order valence-corrected chi connectivity index (χ3v) is 4.58. The van der Waals surface area contributed by atoms with Gasteiger partial charge in [-0.1, -0.05) is 42.5 Å². The van der Waals surface area contributed by atoms with Crippen molar-refractivity contribution in [2.75, 3.05) is 6.61 Å². The maximum Gasteiger partial charge on any atom is 0.269 e. The minimum atomic E-state index is -0.385. The Balaban J connectivity index is 1.69. The van der Waals surface area contributed by atoms with Crippen molar-refractivity contribution in [3.8, 4) is 0 Å². The van der Waals surface area contributed by atoms with E-state index in [1.54, 1.807) is 18.4 Å². The Morgan fingerprint density at radius 2 is 1.85 bits per heavy atom. The number of hydrogen-bond donors (Lipinski definition) is 0. The van der Waals surface area contributed by atoms with Gasteiger partial charge in [0.05, 0.1) is 30.4 Å². The van der Waals surface area contributed by atoms with Crippen molar-refractivity contribution >= 4 is 5.69 Å². The Morgan fingerprint density at radius 3 is 2.58 bits per heavy atom. The summed E-state index contributed by atoms with van der Waals surface area (Å²) >= 11 is 0. The molecule has 2 unspecified atom stereocenters. The molecule has 0 saturated carbocycles. The summed E-state index contributed by atoms with van der Waals surface area (Å²) in [6.07, 6.45) is 1.27. The smallest absolute Gasteiger partial charge is 0.269 e. The zero-order chi connectivity index (χ0) is 17.9. The molecule has 0 radical (unpaired) electrons. The normalized spacial score (nSPS) is 20.3. The molecule has 4 rings (SSSR count). The van der Waals surface area contributed by atoms with E-state index in [-0.39, 0.29) is 22.9 Å². The first-order valence-electron chi connectivity index (χ1n) is 8.41. The first-order valence-corrected chi connectivity index (χ1v) is 8.41. The van der Waals surface area contributed by atoms with E-state index in [9.17, 15) is 10.1 Å². The molecule has 2 atom stereocenters. The molecular weight excluding hydrogens is 332 g/mol. The predicted molar refractivity (Wildman–Crippen MR) is 95.2 cm³/mol. The van der Waals surface area contributed by atoms with Crippen molar-refractivity contribution in [2.24, 2.45) is 0 Å². The van der Waals surface area contributed by atoms with E-state index in [1.165, 1.54) is 6.07 Å². The summed E-state index contributed by atoms with van der Waals surface area (Å²) in [5, 5.41) is 11.1. The van der Waals surface area contributed by atoms with Gasteiger partial charge in [0.15, 0.2) is 0 Å². The number of nitro benzene ring substituents is 1. The summed E-state index contributed by atoms with van der Waals surface area (Å²) in [6, 6.07) is 20.6. The SMILES string of the molecule is O=[N+]([O-])c1cccc(C2OCC(c3ccccc3)N2Cc2ccco2)c1. The summed E-state index contributed by atoms with van der Waals surface area (Å²) < 4.78 is 11.6. The van der Waals surface area contributed by atoms with Crippen LogP contribution in [0.15, 0.2) is 77.4 Å². The average Bonchev–Trinajstić information content (AvgIpc) is 3.33. The van der Waals surface area contributed by atoms with Crippen molar-refractivity contribution in [1.82, 2.24) is 4.90 Å². The summed E-state index contributed by atoms with van der Waals surface area (Å²) in [6.45, 7) is 1.07. The standard InChI is InChI=1S/C20H18N2O4/c23-22(24)17-9-4-8-16(12-17)20-21(13-18-10-5-11-25-18)19(14-26-20)15-6-2-1-3-7-15/h1-12,19-20H,13-14H2. The van der Waals surface area contributed by atoms with E-state index in [1.807, 2.05) is 36.4 Å². The molecule has 1 fully saturated rings. The van der Waals surface area contributed by atoms with Crippen molar-refractivity contribution in [1.29, 1.82) is 0 Å². The molecule has 0 amide bonds. The van der Waals surface area contributed by atoms with Crippen molar-refractivity contribution in [3.05, 3.63) is 100.0 Å². The second-order valence-electron chi connectivity index (χ2n) is 6.22. The van der Waals surface area contributed by atoms with Crippen molar-refractivity contribution in [2.45, 2.75) is 18.8 Å². The molecule has 1 aliphatic heterocycles. The highest BCUT2D eigenvalue weighted by molar-refractivity contribution is 5.36. The van der Waals surface area contributed by atoms with Gasteiger partial charge in [0.1, 0.15) is 12.0 Å². The number of non-ortho nitro benzene ring substituents is 1. The van der Waals surface area contributed by atoms with Gasteiger partial charge in [0.25, 0.3) is 5.69 Å². The van der Waals surface area contributed by atoms with Gasteiger partial charge in [-0.15, -0.1) is 0 Å². The van der Waals surface area contributed by atoms with Gasteiger partial charge < -0.3 is 9.15 Å². The molecule has 0 bridgehead atoms. The van der Waals surface area contributed by atoms with Crippen LogP contribution in [0.5, 0.6) is 0 Å². The van der Waals surface area contributed by atoms with Crippen LogP contribution in [0, 0.1) is 10.1 Å². The Labute approximate surface area is 150 Å². The minimum Gasteiger partial charge on any atom is -0.468 e. The molecule has 3 aromatic rings. The van der Waals surface area contributed by atoms with E-state index >= 15 is 0 Å². The Hall–Kier alpha value is -2.96. The molecule has 1 aliphatic rings.